The van der Waals surface area contributed by atoms with E-state index < -0.39 is 0 Å². The molecule has 0 saturated carbocycles. The van der Waals surface area contributed by atoms with Crippen LogP contribution >= 0.6 is 0 Å². The Hall–Kier alpha value is -0.830. The minimum absolute atomic E-state index is 0.370. The van der Waals surface area contributed by atoms with Crippen molar-refractivity contribution in [1.29, 1.82) is 0 Å². The largest absolute Gasteiger partial charge is 0.316 e. The molecule has 1 aromatic rings. The van der Waals surface area contributed by atoms with Crippen molar-refractivity contribution in [1.82, 2.24) is 15.1 Å². The summed E-state index contributed by atoms with van der Waals surface area (Å²) in [5, 5.41) is 8.08. The van der Waals surface area contributed by atoms with Crippen LogP contribution in [0.2, 0.25) is 0 Å². The van der Waals surface area contributed by atoms with Crippen LogP contribution in [0.1, 0.15) is 51.9 Å². The molecule has 0 saturated heterocycles. The third kappa shape index (κ3) is 3.58. The fourth-order valence-electron chi connectivity index (χ4n) is 2.60. The van der Waals surface area contributed by atoms with Gasteiger partial charge in [-0.15, -0.1) is 0 Å². The number of rotatable bonds is 8. The lowest BCUT2D eigenvalue weighted by Crippen LogP contribution is -2.36. The van der Waals surface area contributed by atoms with Crippen LogP contribution in [0, 0.1) is 12.3 Å². The molecule has 0 aromatic carbocycles. The maximum Gasteiger partial charge on any atom is 0.0596 e. The lowest BCUT2D eigenvalue weighted by molar-refractivity contribution is 0.242. The highest BCUT2D eigenvalue weighted by Gasteiger charge is 2.27. The van der Waals surface area contributed by atoms with Crippen LogP contribution in [0.3, 0.4) is 0 Å². The van der Waals surface area contributed by atoms with E-state index in [1.165, 1.54) is 18.5 Å². The normalized spacial score (nSPS) is 12.1. The lowest BCUT2D eigenvalue weighted by Gasteiger charge is -2.32. The van der Waals surface area contributed by atoms with Gasteiger partial charge in [0.2, 0.25) is 0 Å². The van der Waals surface area contributed by atoms with Crippen LogP contribution in [-0.2, 0) is 13.0 Å². The Kier molecular flexibility index (Phi) is 5.86. The minimum Gasteiger partial charge on any atom is -0.316 e. The van der Waals surface area contributed by atoms with Gasteiger partial charge in [0, 0.05) is 18.8 Å². The molecule has 3 nitrogen and oxygen atoms in total. The van der Waals surface area contributed by atoms with Crippen molar-refractivity contribution in [2.24, 2.45) is 5.41 Å². The third-order valence-corrected chi connectivity index (χ3v) is 4.09. The average Bonchev–Trinajstić information content (AvgIpc) is 2.74. The van der Waals surface area contributed by atoms with Gasteiger partial charge in [-0.3, -0.25) is 4.68 Å². The number of hydrogen-bond acceptors (Lipinski definition) is 2. The van der Waals surface area contributed by atoms with Crippen LogP contribution in [0.4, 0.5) is 0 Å². The van der Waals surface area contributed by atoms with E-state index in [0.29, 0.717) is 5.41 Å². The summed E-state index contributed by atoms with van der Waals surface area (Å²) < 4.78 is 2.15. The molecule has 0 fully saturated rings. The Morgan fingerprint density at radius 3 is 2.39 bits per heavy atom. The number of nitrogens with one attached hydrogen (secondary N) is 1. The molecular weight excluding hydrogens is 222 g/mol. The Labute approximate surface area is 112 Å². The van der Waals surface area contributed by atoms with E-state index in [2.05, 4.69) is 55.8 Å². The van der Waals surface area contributed by atoms with E-state index in [-0.39, 0.29) is 0 Å². The molecule has 1 aromatic heterocycles. The first-order chi connectivity index (χ1) is 8.60. The summed E-state index contributed by atoms with van der Waals surface area (Å²) in [4.78, 5) is 0. The molecule has 0 aliphatic heterocycles. The highest BCUT2D eigenvalue weighted by atomic mass is 15.3. The molecule has 18 heavy (non-hydrogen) atoms. The number of nitrogens with zero attached hydrogens (tertiary/aromatic N) is 2. The molecule has 0 amide bonds. The second-order valence-electron chi connectivity index (χ2n) is 5.26. The maximum absolute atomic E-state index is 4.56. The van der Waals surface area contributed by atoms with E-state index in [1.54, 1.807) is 0 Å². The second kappa shape index (κ2) is 6.93. The Bertz CT molecular complexity index is 351. The van der Waals surface area contributed by atoms with Gasteiger partial charge in [0.25, 0.3) is 0 Å². The van der Waals surface area contributed by atoms with Gasteiger partial charge in [0.15, 0.2) is 0 Å². The first-order valence-electron chi connectivity index (χ1n) is 7.34. The first kappa shape index (κ1) is 15.2. The number of aryl methyl sites for hydroxylation is 2. The van der Waals surface area contributed by atoms with E-state index in [1.807, 2.05) is 0 Å². The SMILES string of the molecule is CCNCC(CC)(CC)Cc1cc(C)nn1CC. The molecule has 104 valence electrons. The zero-order valence-corrected chi connectivity index (χ0v) is 12.7. The molecule has 1 N–H and O–H groups in total. The summed E-state index contributed by atoms with van der Waals surface area (Å²) in [6, 6.07) is 2.25. The van der Waals surface area contributed by atoms with E-state index in [4.69, 9.17) is 0 Å². The van der Waals surface area contributed by atoms with Gasteiger partial charge in [-0.1, -0.05) is 20.8 Å². The highest BCUT2D eigenvalue weighted by Crippen LogP contribution is 2.30. The minimum atomic E-state index is 0.370. The summed E-state index contributed by atoms with van der Waals surface area (Å²) in [7, 11) is 0. The average molecular weight is 251 g/mol. The molecule has 3 heteroatoms. The van der Waals surface area contributed by atoms with Crippen LogP contribution in [0.5, 0.6) is 0 Å². The fourth-order valence-corrected chi connectivity index (χ4v) is 2.60. The van der Waals surface area contributed by atoms with Crippen LogP contribution in [-0.4, -0.2) is 22.9 Å². The van der Waals surface area contributed by atoms with Crippen molar-refractivity contribution in [3.63, 3.8) is 0 Å². The number of aromatic nitrogens is 2. The summed E-state index contributed by atoms with van der Waals surface area (Å²) in [6.07, 6.45) is 3.55. The van der Waals surface area contributed by atoms with Gasteiger partial charge >= 0.3 is 0 Å². The van der Waals surface area contributed by atoms with Crippen molar-refractivity contribution in [2.75, 3.05) is 13.1 Å². The monoisotopic (exact) mass is 251 g/mol. The van der Waals surface area contributed by atoms with Crippen LogP contribution in [0.25, 0.3) is 0 Å². The smallest absolute Gasteiger partial charge is 0.0596 e. The molecule has 0 spiro atoms. The maximum atomic E-state index is 4.56. The van der Waals surface area contributed by atoms with Crippen molar-refractivity contribution < 1.29 is 0 Å². The van der Waals surface area contributed by atoms with Gasteiger partial charge in [-0.05, 0) is 51.1 Å². The van der Waals surface area contributed by atoms with Crippen LogP contribution in [0.15, 0.2) is 6.07 Å². The zero-order chi connectivity index (χ0) is 13.6. The highest BCUT2D eigenvalue weighted by molar-refractivity contribution is 5.11. The van der Waals surface area contributed by atoms with Gasteiger partial charge in [-0.2, -0.15) is 5.10 Å². The van der Waals surface area contributed by atoms with Crippen LogP contribution < -0.4 is 5.32 Å². The molecule has 0 bridgehead atoms. The predicted octanol–water partition coefficient (Wildman–Crippen LogP) is 3.17. The summed E-state index contributed by atoms with van der Waals surface area (Å²) in [5.41, 5.74) is 2.89. The van der Waals surface area contributed by atoms with Gasteiger partial charge < -0.3 is 5.32 Å². The molecule has 0 aliphatic rings. The zero-order valence-electron chi connectivity index (χ0n) is 12.7. The van der Waals surface area contributed by atoms with Gasteiger partial charge in [-0.25, -0.2) is 0 Å². The molecule has 0 unspecified atom stereocenters. The van der Waals surface area contributed by atoms with Crippen molar-refractivity contribution in [3.05, 3.63) is 17.5 Å². The summed E-state index contributed by atoms with van der Waals surface area (Å²) in [6.45, 7) is 14.2. The molecule has 0 radical (unpaired) electrons. The molecule has 0 aliphatic carbocycles. The van der Waals surface area contributed by atoms with Crippen molar-refractivity contribution in [3.8, 4) is 0 Å². The van der Waals surface area contributed by atoms with Gasteiger partial charge in [0.05, 0.1) is 5.69 Å². The van der Waals surface area contributed by atoms with Crippen molar-refractivity contribution >= 4 is 0 Å². The molecule has 1 rings (SSSR count). The Morgan fingerprint density at radius 2 is 1.89 bits per heavy atom. The third-order valence-electron chi connectivity index (χ3n) is 4.09. The Balaban J connectivity index is 2.87. The topological polar surface area (TPSA) is 29.9 Å². The summed E-state index contributed by atoms with van der Waals surface area (Å²) in [5.74, 6) is 0. The van der Waals surface area contributed by atoms with E-state index >= 15 is 0 Å². The second-order valence-corrected chi connectivity index (χ2v) is 5.26. The first-order valence-corrected chi connectivity index (χ1v) is 7.34. The fraction of sp³-hybridized carbons (Fsp3) is 0.800. The predicted molar refractivity (Wildman–Crippen MR) is 77.9 cm³/mol. The molecule has 1 heterocycles. The molecular formula is C15H29N3. The van der Waals surface area contributed by atoms with E-state index in [0.717, 1.165) is 31.7 Å². The standard InChI is InChI=1S/C15H29N3/c1-6-15(7-2,12-16-8-3)11-14-10-13(5)17-18(14)9-4/h10,16H,6-9,11-12H2,1-5H3. The quantitative estimate of drug-likeness (QED) is 0.769. The summed E-state index contributed by atoms with van der Waals surface area (Å²) >= 11 is 0. The molecule has 0 atom stereocenters. The lowest BCUT2D eigenvalue weighted by atomic mass is 9.78. The number of hydrogen-bond donors (Lipinski definition) is 1. The Morgan fingerprint density at radius 1 is 1.22 bits per heavy atom. The van der Waals surface area contributed by atoms with Crippen molar-refractivity contribution in [2.45, 2.75) is 60.4 Å². The van der Waals surface area contributed by atoms with E-state index in [9.17, 15) is 0 Å². The van der Waals surface area contributed by atoms with Gasteiger partial charge in [0.1, 0.15) is 0 Å².